The summed E-state index contributed by atoms with van der Waals surface area (Å²) in [4.78, 5) is 8.67. The summed E-state index contributed by atoms with van der Waals surface area (Å²) in [6, 6.07) is 10.3. The van der Waals surface area contributed by atoms with Crippen LogP contribution in [0.4, 0.5) is 0 Å². The van der Waals surface area contributed by atoms with Gasteiger partial charge in [-0.2, -0.15) is 0 Å². The highest BCUT2D eigenvalue weighted by atomic mass is 127. The molecule has 0 radical (unpaired) electrons. The van der Waals surface area contributed by atoms with E-state index in [1.165, 1.54) is 36.6 Å². The molecule has 0 aliphatic carbocycles. The lowest BCUT2D eigenvalue weighted by molar-refractivity contribution is 0.647. The van der Waals surface area contributed by atoms with Crippen LogP contribution in [0.3, 0.4) is 0 Å². The van der Waals surface area contributed by atoms with Crippen molar-refractivity contribution in [1.29, 1.82) is 0 Å². The van der Waals surface area contributed by atoms with E-state index in [1.54, 1.807) is 0 Å². The molecule has 2 aromatic rings. The molecule has 0 amide bonds. The maximum absolute atomic E-state index is 4.39. The smallest absolute Gasteiger partial charge is 0.191 e. The first-order valence-corrected chi connectivity index (χ1v) is 8.12. The first-order chi connectivity index (χ1) is 10.8. The van der Waals surface area contributed by atoms with Crippen LogP contribution in [0.25, 0.3) is 10.9 Å². The van der Waals surface area contributed by atoms with Crippen molar-refractivity contribution in [1.82, 2.24) is 15.6 Å². The second-order valence-electron chi connectivity index (χ2n) is 5.40. The zero-order chi connectivity index (χ0) is 15.6. The number of aliphatic imine (C=N–C) groups is 1. The van der Waals surface area contributed by atoms with Crippen LogP contribution in [0.2, 0.25) is 0 Å². The van der Waals surface area contributed by atoms with Crippen molar-refractivity contribution in [2.75, 3.05) is 13.6 Å². The number of para-hydroxylation sites is 1. The number of aromatic nitrogens is 1. The Morgan fingerprint density at radius 3 is 2.70 bits per heavy atom. The molecule has 0 spiro atoms. The average Bonchev–Trinajstić information content (AvgIpc) is 2.57. The zero-order valence-electron chi connectivity index (χ0n) is 14.0. The predicted octanol–water partition coefficient (Wildman–Crippen LogP) is 4.10. The van der Waals surface area contributed by atoms with Gasteiger partial charge < -0.3 is 10.6 Å². The van der Waals surface area contributed by atoms with Crippen LogP contribution in [0.5, 0.6) is 0 Å². The Labute approximate surface area is 156 Å². The molecule has 1 heterocycles. The van der Waals surface area contributed by atoms with Crippen molar-refractivity contribution in [3.05, 3.63) is 42.1 Å². The summed E-state index contributed by atoms with van der Waals surface area (Å²) in [5.74, 6) is 0.859. The van der Waals surface area contributed by atoms with Crippen LogP contribution < -0.4 is 10.6 Å². The Bertz CT molecular complexity index is 607. The second kappa shape index (κ2) is 11.2. The highest BCUT2D eigenvalue weighted by Crippen LogP contribution is 2.15. The third-order valence-corrected chi connectivity index (χ3v) is 3.73. The number of halogens is 1. The fourth-order valence-corrected chi connectivity index (χ4v) is 2.47. The largest absolute Gasteiger partial charge is 0.356 e. The molecular weight excluding hydrogens is 399 g/mol. The van der Waals surface area contributed by atoms with Gasteiger partial charge in [0, 0.05) is 31.7 Å². The maximum atomic E-state index is 4.39. The van der Waals surface area contributed by atoms with Gasteiger partial charge in [-0.05, 0) is 24.1 Å². The van der Waals surface area contributed by atoms with E-state index >= 15 is 0 Å². The molecule has 2 N–H and O–H groups in total. The van der Waals surface area contributed by atoms with Crippen molar-refractivity contribution >= 4 is 40.8 Å². The predicted molar refractivity (Wildman–Crippen MR) is 110 cm³/mol. The number of nitrogens with one attached hydrogen (secondary N) is 2. The summed E-state index contributed by atoms with van der Waals surface area (Å²) in [6.45, 7) is 3.95. The molecule has 0 fully saturated rings. The van der Waals surface area contributed by atoms with E-state index < -0.39 is 0 Å². The maximum Gasteiger partial charge on any atom is 0.191 e. The van der Waals surface area contributed by atoms with Gasteiger partial charge in [-0.15, -0.1) is 24.0 Å². The van der Waals surface area contributed by atoms with E-state index in [0.29, 0.717) is 0 Å². The van der Waals surface area contributed by atoms with E-state index in [0.717, 1.165) is 24.6 Å². The first kappa shape index (κ1) is 19.7. The van der Waals surface area contributed by atoms with Gasteiger partial charge in [-0.3, -0.25) is 9.98 Å². The van der Waals surface area contributed by atoms with Crippen molar-refractivity contribution < 1.29 is 0 Å². The number of hydrogen-bond donors (Lipinski definition) is 2. The lowest BCUT2D eigenvalue weighted by atomic mass is 10.1. The standard InChI is InChI=1S/C18H26N4.HI/c1-3-4-5-8-12-21-18(19-2)22-14-15-11-13-20-17-10-7-6-9-16(15)17;/h6-7,9-11,13H,3-5,8,12,14H2,1-2H3,(H2,19,21,22);1H. The minimum absolute atomic E-state index is 0. The lowest BCUT2D eigenvalue weighted by Gasteiger charge is -2.13. The molecule has 23 heavy (non-hydrogen) atoms. The van der Waals surface area contributed by atoms with Crippen LogP contribution >= 0.6 is 24.0 Å². The molecule has 0 unspecified atom stereocenters. The van der Waals surface area contributed by atoms with E-state index in [9.17, 15) is 0 Å². The van der Waals surface area contributed by atoms with E-state index in [2.05, 4.69) is 39.7 Å². The number of rotatable bonds is 7. The van der Waals surface area contributed by atoms with Gasteiger partial charge in [0.15, 0.2) is 5.96 Å². The van der Waals surface area contributed by atoms with Crippen molar-refractivity contribution in [2.45, 2.75) is 39.2 Å². The third-order valence-electron chi connectivity index (χ3n) is 3.73. The van der Waals surface area contributed by atoms with Gasteiger partial charge in [0.2, 0.25) is 0 Å². The lowest BCUT2D eigenvalue weighted by Crippen LogP contribution is -2.37. The molecule has 0 saturated heterocycles. The van der Waals surface area contributed by atoms with Gasteiger partial charge in [0.1, 0.15) is 0 Å². The average molecular weight is 426 g/mol. The molecule has 1 aromatic carbocycles. The van der Waals surface area contributed by atoms with Crippen LogP contribution in [-0.2, 0) is 6.54 Å². The number of guanidine groups is 1. The molecule has 4 nitrogen and oxygen atoms in total. The molecular formula is C18H27IN4. The number of benzene rings is 1. The Morgan fingerprint density at radius 1 is 1.09 bits per heavy atom. The molecule has 126 valence electrons. The molecule has 2 rings (SSSR count). The SMILES string of the molecule is CCCCCCNC(=NC)NCc1ccnc2ccccc12.I. The number of fused-ring (bicyclic) bond motifs is 1. The molecule has 0 atom stereocenters. The molecule has 0 aliphatic heterocycles. The van der Waals surface area contributed by atoms with Crippen molar-refractivity contribution in [3.8, 4) is 0 Å². The first-order valence-electron chi connectivity index (χ1n) is 8.12. The van der Waals surface area contributed by atoms with Crippen LogP contribution in [-0.4, -0.2) is 24.5 Å². The van der Waals surface area contributed by atoms with Crippen LogP contribution in [0.1, 0.15) is 38.2 Å². The van der Waals surface area contributed by atoms with E-state index in [-0.39, 0.29) is 24.0 Å². The van der Waals surface area contributed by atoms with Gasteiger partial charge in [0.25, 0.3) is 0 Å². The monoisotopic (exact) mass is 426 g/mol. The molecule has 0 saturated carbocycles. The Hall–Kier alpha value is -1.37. The highest BCUT2D eigenvalue weighted by Gasteiger charge is 2.02. The molecule has 0 aliphatic rings. The van der Waals surface area contributed by atoms with Gasteiger partial charge in [-0.25, -0.2) is 0 Å². The Balaban J connectivity index is 0.00000264. The zero-order valence-corrected chi connectivity index (χ0v) is 16.3. The minimum Gasteiger partial charge on any atom is -0.356 e. The summed E-state index contributed by atoms with van der Waals surface area (Å²) in [5.41, 5.74) is 2.27. The normalized spacial score (nSPS) is 11.1. The van der Waals surface area contributed by atoms with Crippen LogP contribution in [0, 0.1) is 0 Å². The third kappa shape index (κ3) is 6.33. The van der Waals surface area contributed by atoms with Crippen LogP contribution in [0.15, 0.2) is 41.5 Å². The fraction of sp³-hybridized carbons (Fsp3) is 0.444. The topological polar surface area (TPSA) is 49.3 Å². The summed E-state index contributed by atoms with van der Waals surface area (Å²) < 4.78 is 0. The van der Waals surface area contributed by atoms with Gasteiger partial charge >= 0.3 is 0 Å². The number of pyridine rings is 1. The number of hydrogen-bond acceptors (Lipinski definition) is 2. The van der Waals surface area contributed by atoms with Gasteiger partial charge in [0.05, 0.1) is 5.52 Å². The van der Waals surface area contributed by atoms with Crippen molar-refractivity contribution in [3.63, 3.8) is 0 Å². The molecule has 1 aromatic heterocycles. The quantitative estimate of drug-likeness (QED) is 0.303. The summed E-state index contributed by atoms with van der Waals surface area (Å²) in [5, 5.41) is 7.94. The van der Waals surface area contributed by atoms with Crippen molar-refractivity contribution in [2.24, 2.45) is 4.99 Å². The Kier molecular flexibility index (Phi) is 9.59. The summed E-state index contributed by atoms with van der Waals surface area (Å²) >= 11 is 0. The van der Waals surface area contributed by atoms with E-state index in [1.807, 2.05) is 31.4 Å². The summed E-state index contributed by atoms with van der Waals surface area (Å²) in [7, 11) is 1.81. The van der Waals surface area contributed by atoms with Gasteiger partial charge in [-0.1, -0.05) is 44.4 Å². The van der Waals surface area contributed by atoms with E-state index in [4.69, 9.17) is 0 Å². The second-order valence-corrected chi connectivity index (χ2v) is 5.40. The fourth-order valence-electron chi connectivity index (χ4n) is 2.47. The number of nitrogens with zero attached hydrogens (tertiary/aromatic N) is 2. The Morgan fingerprint density at radius 2 is 1.91 bits per heavy atom. The molecule has 5 heteroatoms. The highest BCUT2D eigenvalue weighted by molar-refractivity contribution is 14.0. The number of unbranched alkanes of at least 4 members (excludes halogenated alkanes) is 3. The minimum atomic E-state index is 0. The summed E-state index contributed by atoms with van der Waals surface area (Å²) in [6.07, 6.45) is 6.89. The molecule has 0 bridgehead atoms.